The van der Waals surface area contributed by atoms with Crippen molar-refractivity contribution < 1.29 is 9.47 Å². The smallest absolute Gasteiger partial charge is 0.142 e. The van der Waals surface area contributed by atoms with Crippen molar-refractivity contribution in [1.29, 1.82) is 5.26 Å². The van der Waals surface area contributed by atoms with Gasteiger partial charge in [-0.25, -0.2) is 0 Å². The highest BCUT2D eigenvalue weighted by Crippen LogP contribution is 2.40. The number of nitrogens with zero attached hydrogens (tertiary/aromatic N) is 5. The summed E-state index contributed by atoms with van der Waals surface area (Å²) in [6.07, 6.45) is 5.52. The SMILES string of the molecule is COc1cc2c(Nc3ccc(OCc4ncccc4C)cc3Cl)c(C#N)cnc2cc1N1CCC(N(C)C)CC1. The van der Waals surface area contributed by atoms with E-state index in [4.69, 9.17) is 21.1 Å². The molecule has 0 aliphatic carbocycles. The number of pyridine rings is 2. The van der Waals surface area contributed by atoms with E-state index in [-0.39, 0.29) is 0 Å². The Hall–Kier alpha value is -4.06. The van der Waals surface area contributed by atoms with Gasteiger partial charge in [0.2, 0.25) is 0 Å². The Morgan fingerprint density at radius 3 is 2.62 bits per heavy atom. The molecule has 40 heavy (non-hydrogen) atoms. The summed E-state index contributed by atoms with van der Waals surface area (Å²) in [7, 11) is 5.95. The molecule has 5 rings (SSSR count). The van der Waals surface area contributed by atoms with E-state index in [0.29, 0.717) is 40.4 Å². The highest BCUT2D eigenvalue weighted by molar-refractivity contribution is 6.33. The fourth-order valence-corrected chi connectivity index (χ4v) is 5.32. The zero-order valence-corrected chi connectivity index (χ0v) is 24.0. The Kier molecular flexibility index (Phi) is 8.24. The molecule has 206 valence electrons. The minimum absolute atomic E-state index is 0.346. The number of piperidine rings is 1. The largest absolute Gasteiger partial charge is 0.495 e. The van der Waals surface area contributed by atoms with E-state index in [2.05, 4.69) is 51.3 Å². The molecule has 0 amide bonds. The molecule has 0 spiro atoms. The maximum atomic E-state index is 9.89. The number of fused-ring (bicyclic) bond motifs is 1. The molecule has 8 nitrogen and oxygen atoms in total. The first-order valence-corrected chi connectivity index (χ1v) is 13.7. The number of halogens is 1. The van der Waals surface area contributed by atoms with Crippen molar-refractivity contribution in [3.63, 3.8) is 0 Å². The van der Waals surface area contributed by atoms with Crippen LogP contribution in [-0.2, 0) is 6.61 Å². The standard InChI is InChI=1S/C31H33ClN6O2/c1-20-6-5-11-34-28(20)19-40-23-7-8-26(25(32)14-23)36-31-21(17-33)18-35-27-16-29(30(39-4)15-24(27)31)38-12-9-22(10-13-38)37(2)3/h5-8,11,14-16,18,22H,9-10,12-13,19H2,1-4H3,(H,35,36). The number of benzene rings is 2. The Morgan fingerprint density at radius 1 is 1.15 bits per heavy atom. The van der Waals surface area contributed by atoms with E-state index in [9.17, 15) is 5.26 Å². The van der Waals surface area contributed by atoms with Crippen molar-refractivity contribution in [3.8, 4) is 17.6 Å². The number of methoxy groups -OCH3 is 1. The monoisotopic (exact) mass is 556 g/mol. The molecule has 1 saturated heterocycles. The van der Waals surface area contributed by atoms with Gasteiger partial charge in [-0.2, -0.15) is 5.26 Å². The number of nitriles is 1. The Balaban J connectivity index is 1.42. The van der Waals surface area contributed by atoms with Crippen molar-refractivity contribution in [3.05, 3.63) is 76.7 Å². The van der Waals surface area contributed by atoms with Gasteiger partial charge in [0, 0.05) is 43.0 Å². The van der Waals surface area contributed by atoms with E-state index in [1.165, 1.54) is 0 Å². The second-order valence-corrected chi connectivity index (χ2v) is 10.6. The van der Waals surface area contributed by atoms with Gasteiger partial charge in [-0.15, -0.1) is 0 Å². The Bertz CT molecular complexity index is 1560. The van der Waals surface area contributed by atoms with E-state index >= 15 is 0 Å². The number of aryl methyl sites for hydroxylation is 1. The number of anilines is 3. The highest BCUT2D eigenvalue weighted by Gasteiger charge is 2.24. The summed E-state index contributed by atoms with van der Waals surface area (Å²) in [6, 6.07) is 16.2. The number of rotatable bonds is 8. The van der Waals surface area contributed by atoms with Crippen molar-refractivity contribution in [2.24, 2.45) is 0 Å². The van der Waals surface area contributed by atoms with Crippen LogP contribution in [0.25, 0.3) is 10.9 Å². The van der Waals surface area contributed by atoms with Gasteiger partial charge in [-0.3, -0.25) is 9.97 Å². The molecule has 9 heteroatoms. The lowest BCUT2D eigenvalue weighted by atomic mass is 10.0. The van der Waals surface area contributed by atoms with E-state index in [1.54, 1.807) is 25.6 Å². The van der Waals surface area contributed by atoms with Gasteiger partial charge in [0.05, 0.1) is 46.0 Å². The summed E-state index contributed by atoms with van der Waals surface area (Å²) in [5.74, 6) is 1.38. The van der Waals surface area contributed by atoms with Crippen LogP contribution in [-0.4, -0.2) is 55.2 Å². The van der Waals surface area contributed by atoms with Crippen molar-refractivity contribution >= 4 is 39.6 Å². The van der Waals surface area contributed by atoms with Gasteiger partial charge in [0.15, 0.2) is 0 Å². The molecule has 0 radical (unpaired) electrons. The number of hydrogen-bond donors (Lipinski definition) is 1. The molecule has 0 atom stereocenters. The minimum atomic E-state index is 0.346. The zero-order valence-electron chi connectivity index (χ0n) is 23.2. The van der Waals surface area contributed by atoms with E-state index < -0.39 is 0 Å². The average molecular weight is 557 g/mol. The normalized spacial score (nSPS) is 13.9. The van der Waals surface area contributed by atoms with E-state index in [1.807, 2.05) is 37.3 Å². The van der Waals surface area contributed by atoms with Gasteiger partial charge in [0.1, 0.15) is 24.2 Å². The predicted molar refractivity (Wildman–Crippen MR) is 160 cm³/mol. The third-order valence-electron chi connectivity index (χ3n) is 7.52. The van der Waals surface area contributed by atoms with E-state index in [0.717, 1.165) is 59.5 Å². The Morgan fingerprint density at radius 2 is 1.95 bits per heavy atom. The van der Waals surface area contributed by atoms with Crippen LogP contribution in [0.2, 0.25) is 5.02 Å². The molecule has 0 saturated carbocycles. The van der Waals surface area contributed by atoms with Crippen molar-refractivity contribution in [2.75, 3.05) is 44.5 Å². The minimum Gasteiger partial charge on any atom is -0.495 e. The fourth-order valence-electron chi connectivity index (χ4n) is 5.10. The molecule has 2 aromatic carbocycles. The van der Waals surface area contributed by atoms with Crippen LogP contribution in [0.4, 0.5) is 17.1 Å². The summed E-state index contributed by atoms with van der Waals surface area (Å²) in [4.78, 5) is 13.6. The second-order valence-electron chi connectivity index (χ2n) is 10.2. The summed E-state index contributed by atoms with van der Waals surface area (Å²) >= 11 is 6.67. The molecule has 2 aromatic heterocycles. The first-order valence-electron chi connectivity index (χ1n) is 13.3. The first-order chi connectivity index (χ1) is 19.4. The number of hydrogen-bond acceptors (Lipinski definition) is 8. The summed E-state index contributed by atoms with van der Waals surface area (Å²) in [6.45, 7) is 4.23. The van der Waals surface area contributed by atoms with Crippen LogP contribution in [0, 0.1) is 18.3 Å². The van der Waals surface area contributed by atoms with Crippen LogP contribution in [0.5, 0.6) is 11.5 Å². The van der Waals surface area contributed by atoms with Gasteiger partial charge >= 0.3 is 0 Å². The van der Waals surface area contributed by atoms with Crippen LogP contribution in [0.3, 0.4) is 0 Å². The van der Waals surface area contributed by atoms with Gasteiger partial charge in [0.25, 0.3) is 0 Å². The fraction of sp³-hybridized carbons (Fsp3) is 0.323. The van der Waals surface area contributed by atoms with Gasteiger partial charge < -0.3 is 24.6 Å². The molecule has 1 fully saturated rings. The molecule has 3 heterocycles. The third kappa shape index (κ3) is 5.76. The van der Waals surface area contributed by atoms with Crippen molar-refractivity contribution in [2.45, 2.75) is 32.4 Å². The number of aromatic nitrogens is 2. The van der Waals surface area contributed by atoms with Crippen LogP contribution in [0.15, 0.2) is 54.9 Å². The van der Waals surface area contributed by atoms with Crippen LogP contribution >= 0.6 is 11.6 Å². The topological polar surface area (TPSA) is 86.5 Å². The molecule has 1 aliphatic rings. The molecular formula is C31H33ClN6O2. The van der Waals surface area contributed by atoms with Crippen molar-refractivity contribution in [1.82, 2.24) is 14.9 Å². The Labute approximate surface area is 240 Å². The molecule has 4 aromatic rings. The third-order valence-corrected chi connectivity index (χ3v) is 7.83. The lowest BCUT2D eigenvalue weighted by Crippen LogP contribution is -2.42. The maximum absolute atomic E-state index is 9.89. The van der Waals surface area contributed by atoms with Gasteiger partial charge in [-0.05, 0) is 69.8 Å². The summed E-state index contributed by atoms with van der Waals surface area (Å²) in [5.41, 5.74) is 5.42. The van der Waals surface area contributed by atoms with Crippen LogP contribution in [0.1, 0.15) is 29.7 Å². The number of nitrogens with one attached hydrogen (secondary N) is 1. The lowest BCUT2D eigenvalue weighted by molar-refractivity contribution is 0.249. The highest BCUT2D eigenvalue weighted by atomic mass is 35.5. The maximum Gasteiger partial charge on any atom is 0.142 e. The lowest BCUT2D eigenvalue weighted by Gasteiger charge is -2.37. The second kappa shape index (κ2) is 12.0. The first kappa shape index (κ1) is 27.5. The zero-order chi connectivity index (χ0) is 28.2. The summed E-state index contributed by atoms with van der Waals surface area (Å²) in [5, 5.41) is 14.5. The van der Waals surface area contributed by atoms with Gasteiger partial charge in [-0.1, -0.05) is 17.7 Å². The number of ether oxygens (including phenoxy) is 2. The molecule has 0 unspecified atom stereocenters. The molecule has 1 N–H and O–H groups in total. The molecule has 1 aliphatic heterocycles. The quantitative estimate of drug-likeness (QED) is 0.269. The summed E-state index contributed by atoms with van der Waals surface area (Å²) < 4.78 is 11.8. The predicted octanol–water partition coefficient (Wildman–Crippen LogP) is 6.32. The average Bonchev–Trinajstić information content (AvgIpc) is 2.97. The molecule has 0 bridgehead atoms. The van der Waals surface area contributed by atoms with Crippen LogP contribution < -0.4 is 19.7 Å². The molecular weight excluding hydrogens is 524 g/mol.